The van der Waals surface area contributed by atoms with Crippen molar-refractivity contribution in [3.8, 4) is 0 Å². The van der Waals surface area contributed by atoms with Gasteiger partial charge in [0.25, 0.3) is 0 Å². The number of benzene rings is 1. The third-order valence-corrected chi connectivity index (χ3v) is 2.66. The number of hydrogen-bond acceptors (Lipinski definition) is 2. The summed E-state index contributed by atoms with van der Waals surface area (Å²) in [6.45, 7) is 0.251. The van der Waals surface area contributed by atoms with Gasteiger partial charge in [0.1, 0.15) is 5.82 Å². The van der Waals surface area contributed by atoms with Crippen molar-refractivity contribution in [2.45, 2.75) is 6.10 Å². The highest BCUT2D eigenvalue weighted by molar-refractivity contribution is 14.1. The average Bonchev–Trinajstić information content (AvgIpc) is 2.16. The van der Waals surface area contributed by atoms with Crippen LogP contribution in [0.25, 0.3) is 0 Å². The van der Waals surface area contributed by atoms with Gasteiger partial charge in [-0.15, -0.1) is 11.6 Å². The number of anilines is 1. The smallest absolute Gasteiger partial charge is 0.147 e. The van der Waals surface area contributed by atoms with Crippen LogP contribution in [0, 0.1) is 9.39 Å². The molecule has 0 saturated heterocycles. The van der Waals surface area contributed by atoms with Gasteiger partial charge in [-0.05, 0) is 40.8 Å². The molecule has 2 N–H and O–H groups in total. The lowest BCUT2D eigenvalue weighted by Gasteiger charge is -2.10. The Kier molecular flexibility index (Phi) is 4.91. The maximum Gasteiger partial charge on any atom is 0.147 e. The summed E-state index contributed by atoms with van der Waals surface area (Å²) >= 11 is 7.43. The third-order valence-electron chi connectivity index (χ3n) is 1.64. The Balaban J connectivity index is 2.59. The van der Waals surface area contributed by atoms with Crippen LogP contribution in [0.2, 0.25) is 0 Å². The summed E-state index contributed by atoms with van der Waals surface area (Å²) < 4.78 is 14.1. The maximum absolute atomic E-state index is 13.2. The van der Waals surface area contributed by atoms with Gasteiger partial charge in [-0.2, -0.15) is 0 Å². The number of nitrogens with one attached hydrogen (secondary N) is 1. The fourth-order valence-electron chi connectivity index (χ4n) is 0.915. The first kappa shape index (κ1) is 12.0. The van der Waals surface area contributed by atoms with Gasteiger partial charge in [-0.1, -0.05) is 0 Å². The van der Waals surface area contributed by atoms with E-state index in [9.17, 15) is 4.39 Å². The molecular weight excluding hydrogens is 319 g/mol. The molecule has 0 aliphatic carbocycles. The molecule has 0 saturated carbocycles. The average molecular weight is 330 g/mol. The van der Waals surface area contributed by atoms with Gasteiger partial charge >= 0.3 is 0 Å². The van der Waals surface area contributed by atoms with Crippen molar-refractivity contribution >= 4 is 39.9 Å². The molecule has 0 aliphatic heterocycles. The molecule has 0 spiro atoms. The second kappa shape index (κ2) is 5.72. The van der Waals surface area contributed by atoms with Gasteiger partial charge in [-0.3, -0.25) is 0 Å². The Morgan fingerprint density at radius 2 is 2.29 bits per heavy atom. The summed E-state index contributed by atoms with van der Waals surface area (Å²) in [6.07, 6.45) is -0.657. The molecule has 0 aliphatic rings. The minimum Gasteiger partial charge on any atom is -0.390 e. The van der Waals surface area contributed by atoms with Crippen molar-refractivity contribution in [2.24, 2.45) is 0 Å². The summed E-state index contributed by atoms with van der Waals surface area (Å²) in [4.78, 5) is 0. The quantitative estimate of drug-likeness (QED) is 0.657. The lowest BCUT2D eigenvalue weighted by Crippen LogP contribution is -2.21. The van der Waals surface area contributed by atoms with Gasteiger partial charge in [-0.25, -0.2) is 4.39 Å². The fourth-order valence-corrected chi connectivity index (χ4v) is 1.48. The first-order valence-corrected chi connectivity index (χ1v) is 5.67. The summed E-state index contributed by atoms with van der Waals surface area (Å²) in [5, 5.41) is 11.9. The predicted octanol–water partition coefficient (Wildman–Crippen LogP) is 2.44. The standard InChI is InChI=1S/C9H10ClFINO/c10-4-7(14)5-13-9-2-1-6(12)3-8(9)11/h1-3,7,13-14H,4-5H2. The van der Waals surface area contributed by atoms with Crippen LogP contribution >= 0.6 is 34.2 Å². The van der Waals surface area contributed by atoms with Gasteiger partial charge in [0.2, 0.25) is 0 Å². The van der Waals surface area contributed by atoms with Gasteiger partial charge in [0.05, 0.1) is 17.7 Å². The molecule has 0 aromatic heterocycles. The monoisotopic (exact) mass is 329 g/mol. The van der Waals surface area contributed by atoms with Crippen LogP contribution in [0.3, 0.4) is 0 Å². The van der Waals surface area contributed by atoms with E-state index in [1.54, 1.807) is 12.1 Å². The Hall–Kier alpha value is -0.0700. The highest BCUT2D eigenvalue weighted by Crippen LogP contribution is 2.16. The Labute approximate surface area is 101 Å². The minimum atomic E-state index is -0.657. The molecule has 78 valence electrons. The first-order chi connectivity index (χ1) is 6.63. The molecule has 1 aromatic carbocycles. The van der Waals surface area contributed by atoms with E-state index in [4.69, 9.17) is 16.7 Å². The zero-order chi connectivity index (χ0) is 10.6. The first-order valence-electron chi connectivity index (χ1n) is 4.06. The molecule has 0 heterocycles. The number of rotatable bonds is 4. The van der Waals surface area contributed by atoms with E-state index in [-0.39, 0.29) is 18.2 Å². The largest absolute Gasteiger partial charge is 0.390 e. The third kappa shape index (κ3) is 3.59. The van der Waals surface area contributed by atoms with Crippen molar-refractivity contribution in [1.29, 1.82) is 0 Å². The van der Waals surface area contributed by atoms with Crippen molar-refractivity contribution < 1.29 is 9.50 Å². The molecule has 1 aromatic rings. The summed E-state index contributed by atoms with van der Waals surface area (Å²) in [7, 11) is 0. The van der Waals surface area contributed by atoms with Crippen LogP contribution in [0.15, 0.2) is 18.2 Å². The van der Waals surface area contributed by atoms with Crippen LogP contribution in [0.5, 0.6) is 0 Å². The molecule has 1 atom stereocenters. The zero-order valence-electron chi connectivity index (χ0n) is 7.30. The highest BCUT2D eigenvalue weighted by Gasteiger charge is 2.05. The van der Waals surface area contributed by atoms with E-state index in [1.165, 1.54) is 6.07 Å². The summed E-state index contributed by atoms with van der Waals surface area (Å²) in [5.41, 5.74) is 0.384. The van der Waals surface area contributed by atoms with Gasteiger partial charge in [0, 0.05) is 10.1 Å². The molecule has 0 radical (unpaired) electrons. The molecule has 2 nitrogen and oxygen atoms in total. The molecular formula is C9H10ClFINO. The van der Waals surface area contributed by atoms with Crippen LogP contribution in [-0.4, -0.2) is 23.6 Å². The zero-order valence-corrected chi connectivity index (χ0v) is 10.2. The molecule has 1 unspecified atom stereocenters. The van der Waals surface area contributed by atoms with Crippen molar-refractivity contribution in [2.75, 3.05) is 17.7 Å². The predicted molar refractivity (Wildman–Crippen MR) is 64.3 cm³/mol. The van der Waals surface area contributed by atoms with E-state index in [0.717, 1.165) is 3.57 Å². The maximum atomic E-state index is 13.2. The van der Waals surface area contributed by atoms with E-state index in [1.807, 2.05) is 22.6 Å². The van der Waals surface area contributed by atoms with E-state index >= 15 is 0 Å². The van der Waals surface area contributed by atoms with E-state index in [2.05, 4.69) is 5.32 Å². The summed E-state index contributed by atoms with van der Waals surface area (Å²) in [5.74, 6) is -0.183. The van der Waals surface area contributed by atoms with Gasteiger partial charge in [0.15, 0.2) is 0 Å². The second-order valence-electron chi connectivity index (χ2n) is 2.81. The van der Waals surface area contributed by atoms with Crippen molar-refractivity contribution in [1.82, 2.24) is 0 Å². The minimum absolute atomic E-state index is 0.138. The summed E-state index contributed by atoms with van der Waals surface area (Å²) in [6, 6.07) is 4.85. The van der Waals surface area contributed by atoms with Crippen molar-refractivity contribution in [3.63, 3.8) is 0 Å². The Morgan fingerprint density at radius 1 is 1.57 bits per heavy atom. The fraction of sp³-hybridized carbons (Fsp3) is 0.333. The Bertz CT molecular complexity index is 311. The molecule has 14 heavy (non-hydrogen) atoms. The van der Waals surface area contributed by atoms with E-state index < -0.39 is 6.10 Å². The van der Waals surface area contributed by atoms with Crippen LogP contribution in [0.4, 0.5) is 10.1 Å². The van der Waals surface area contributed by atoms with E-state index in [0.29, 0.717) is 5.69 Å². The van der Waals surface area contributed by atoms with Crippen LogP contribution < -0.4 is 5.32 Å². The Morgan fingerprint density at radius 3 is 2.86 bits per heavy atom. The number of alkyl halides is 1. The second-order valence-corrected chi connectivity index (χ2v) is 4.37. The molecule has 0 fully saturated rings. The van der Waals surface area contributed by atoms with Crippen molar-refractivity contribution in [3.05, 3.63) is 27.6 Å². The van der Waals surface area contributed by atoms with Crippen LogP contribution in [-0.2, 0) is 0 Å². The number of hydrogen-bond donors (Lipinski definition) is 2. The highest BCUT2D eigenvalue weighted by atomic mass is 127. The topological polar surface area (TPSA) is 32.3 Å². The molecule has 0 amide bonds. The molecule has 0 bridgehead atoms. The number of halogens is 3. The lowest BCUT2D eigenvalue weighted by molar-refractivity contribution is 0.211. The van der Waals surface area contributed by atoms with Gasteiger partial charge < -0.3 is 10.4 Å². The number of aliphatic hydroxyl groups excluding tert-OH is 1. The van der Waals surface area contributed by atoms with Crippen LogP contribution in [0.1, 0.15) is 0 Å². The normalized spacial score (nSPS) is 12.6. The SMILES string of the molecule is OC(CCl)CNc1ccc(I)cc1F. The number of aliphatic hydroxyl groups is 1. The molecule has 1 rings (SSSR count). The molecule has 5 heteroatoms. The lowest BCUT2D eigenvalue weighted by atomic mass is 10.3.